The van der Waals surface area contributed by atoms with Crippen molar-refractivity contribution in [2.24, 2.45) is 34.5 Å². The summed E-state index contributed by atoms with van der Waals surface area (Å²) in [5, 5.41) is 10.4. The molecule has 0 amide bonds. The van der Waals surface area contributed by atoms with Crippen molar-refractivity contribution in [3.63, 3.8) is 0 Å². The van der Waals surface area contributed by atoms with Gasteiger partial charge in [-0.3, -0.25) is 4.79 Å². The summed E-state index contributed by atoms with van der Waals surface area (Å²) in [5.41, 5.74) is 0.306. The summed E-state index contributed by atoms with van der Waals surface area (Å²) >= 11 is 0. The lowest BCUT2D eigenvalue weighted by Crippen LogP contribution is -2.59. The van der Waals surface area contributed by atoms with Gasteiger partial charge in [0.25, 0.3) is 0 Å². The molecule has 1 unspecified atom stereocenters. The summed E-state index contributed by atoms with van der Waals surface area (Å²) in [5.74, 6) is 2.55. The molecular weight excluding hydrogens is 288 g/mol. The number of fused-ring (bicyclic) bond motifs is 5. The number of aliphatic hydroxyl groups excluding tert-OH is 1. The number of hydrogen-bond acceptors (Lipinski definition) is 3. The Bertz CT molecular complexity index is 503. The number of ketones is 1. The van der Waals surface area contributed by atoms with Gasteiger partial charge in [-0.2, -0.15) is 0 Å². The molecule has 8 atom stereocenters. The predicted octanol–water partition coefficient (Wildman–Crippen LogP) is 3.58. The summed E-state index contributed by atoms with van der Waals surface area (Å²) in [6.45, 7) is 4.71. The van der Waals surface area contributed by atoms with Crippen LogP contribution in [-0.4, -0.2) is 30.2 Å². The molecule has 130 valence electrons. The number of carbonyl (C=O) groups excluding carboxylic acids is 1. The first-order chi connectivity index (χ1) is 10.9. The molecule has 0 heterocycles. The summed E-state index contributed by atoms with van der Waals surface area (Å²) < 4.78 is 5.58. The van der Waals surface area contributed by atoms with Crippen LogP contribution in [0.25, 0.3) is 0 Å². The molecule has 0 saturated heterocycles. The highest BCUT2D eigenvalue weighted by atomic mass is 16.5. The van der Waals surface area contributed by atoms with Gasteiger partial charge in [-0.1, -0.05) is 20.3 Å². The van der Waals surface area contributed by atoms with Crippen LogP contribution in [0.15, 0.2) is 0 Å². The van der Waals surface area contributed by atoms with Crippen molar-refractivity contribution in [3.8, 4) is 0 Å². The average molecular weight is 320 g/mol. The van der Waals surface area contributed by atoms with Crippen molar-refractivity contribution in [2.75, 3.05) is 7.11 Å². The van der Waals surface area contributed by atoms with Crippen molar-refractivity contribution in [1.82, 2.24) is 0 Å². The molecule has 0 bridgehead atoms. The fourth-order valence-corrected chi connectivity index (χ4v) is 7.33. The molecule has 23 heavy (non-hydrogen) atoms. The van der Waals surface area contributed by atoms with Crippen molar-refractivity contribution >= 4 is 5.78 Å². The van der Waals surface area contributed by atoms with E-state index >= 15 is 0 Å². The molecule has 4 saturated carbocycles. The van der Waals surface area contributed by atoms with Crippen molar-refractivity contribution in [2.45, 2.75) is 77.4 Å². The van der Waals surface area contributed by atoms with E-state index in [1.165, 1.54) is 32.1 Å². The Labute approximate surface area is 140 Å². The van der Waals surface area contributed by atoms with E-state index in [0.29, 0.717) is 17.6 Å². The van der Waals surface area contributed by atoms with E-state index in [4.69, 9.17) is 4.74 Å². The smallest absolute Gasteiger partial charge is 0.137 e. The Balaban J connectivity index is 1.69. The largest absolute Gasteiger partial charge is 0.390 e. The number of rotatable bonds is 1. The molecule has 4 rings (SSSR count). The maximum atomic E-state index is 13.2. The van der Waals surface area contributed by atoms with Crippen LogP contribution in [0.5, 0.6) is 0 Å². The molecule has 4 aliphatic carbocycles. The number of carbonyl (C=O) groups is 1. The minimum absolute atomic E-state index is 0.0316. The fourth-order valence-electron chi connectivity index (χ4n) is 7.33. The van der Waals surface area contributed by atoms with E-state index in [9.17, 15) is 9.90 Å². The summed E-state index contributed by atoms with van der Waals surface area (Å²) in [6, 6.07) is 0. The highest BCUT2D eigenvalue weighted by Crippen LogP contribution is 2.65. The van der Waals surface area contributed by atoms with Crippen LogP contribution < -0.4 is 0 Å². The number of aliphatic hydroxyl groups is 1. The second kappa shape index (κ2) is 5.29. The molecule has 0 aromatic carbocycles. The van der Waals surface area contributed by atoms with E-state index in [1.54, 1.807) is 7.11 Å². The Morgan fingerprint density at radius 2 is 2.00 bits per heavy atom. The SMILES string of the molecule is CO[C@H]1C[C@@]2(C)[C@@H](CC[C@H]3C4CCC[C@@]4(C)CC(=O)[C@@H]32)C[C@@H]1O. The number of Topliss-reactive ketones (excluding diaryl/α,β-unsaturated/α-hetero) is 1. The molecule has 0 aromatic heterocycles. The van der Waals surface area contributed by atoms with E-state index in [-0.39, 0.29) is 29.0 Å². The molecule has 0 aromatic rings. The van der Waals surface area contributed by atoms with Gasteiger partial charge >= 0.3 is 0 Å². The van der Waals surface area contributed by atoms with Gasteiger partial charge in [-0.05, 0) is 67.1 Å². The summed E-state index contributed by atoms with van der Waals surface area (Å²) in [7, 11) is 1.70. The third-order valence-corrected chi connectivity index (χ3v) is 8.42. The van der Waals surface area contributed by atoms with Crippen molar-refractivity contribution in [3.05, 3.63) is 0 Å². The van der Waals surface area contributed by atoms with Crippen LogP contribution >= 0.6 is 0 Å². The molecular formula is C20H32O3. The minimum atomic E-state index is -0.356. The van der Waals surface area contributed by atoms with Gasteiger partial charge in [0, 0.05) is 19.4 Å². The molecule has 1 N–H and O–H groups in total. The Morgan fingerprint density at radius 3 is 2.74 bits per heavy atom. The van der Waals surface area contributed by atoms with Gasteiger partial charge < -0.3 is 9.84 Å². The fraction of sp³-hybridized carbons (Fsp3) is 0.950. The molecule has 4 fully saturated rings. The third-order valence-electron chi connectivity index (χ3n) is 8.42. The molecule has 3 nitrogen and oxygen atoms in total. The quantitative estimate of drug-likeness (QED) is 0.803. The molecule has 4 aliphatic rings. The second-order valence-electron chi connectivity index (χ2n) is 9.50. The lowest BCUT2D eigenvalue weighted by Gasteiger charge is -2.60. The van der Waals surface area contributed by atoms with Crippen LogP contribution in [0.3, 0.4) is 0 Å². The van der Waals surface area contributed by atoms with Gasteiger partial charge in [-0.15, -0.1) is 0 Å². The molecule has 3 heteroatoms. The van der Waals surface area contributed by atoms with Gasteiger partial charge in [-0.25, -0.2) is 0 Å². The zero-order chi connectivity index (χ0) is 16.4. The number of hydrogen-bond donors (Lipinski definition) is 1. The van der Waals surface area contributed by atoms with E-state index < -0.39 is 0 Å². The van der Waals surface area contributed by atoms with Crippen LogP contribution in [0.4, 0.5) is 0 Å². The maximum absolute atomic E-state index is 13.2. The Morgan fingerprint density at radius 1 is 1.22 bits per heavy atom. The average Bonchev–Trinajstić information content (AvgIpc) is 2.88. The highest BCUT2D eigenvalue weighted by Gasteiger charge is 2.62. The summed E-state index contributed by atoms with van der Waals surface area (Å²) in [4.78, 5) is 13.2. The van der Waals surface area contributed by atoms with E-state index in [1.807, 2.05) is 0 Å². The normalized spacial score (nSPS) is 55.9. The van der Waals surface area contributed by atoms with E-state index in [0.717, 1.165) is 25.2 Å². The zero-order valence-electron chi connectivity index (χ0n) is 14.9. The first-order valence-electron chi connectivity index (χ1n) is 9.62. The first-order valence-corrected chi connectivity index (χ1v) is 9.62. The zero-order valence-corrected chi connectivity index (χ0v) is 14.9. The van der Waals surface area contributed by atoms with Gasteiger partial charge in [0.1, 0.15) is 5.78 Å². The topological polar surface area (TPSA) is 46.5 Å². The minimum Gasteiger partial charge on any atom is -0.390 e. The van der Waals surface area contributed by atoms with Crippen molar-refractivity contribution < 1.29 is 14.6 Å². The van der Waals surface area contributed by atoms with Crippen LogP contribution in [-0.2, 0) is 9.53 Å². The monoisotopic (exact) mass is 320 g/mol. The first kappa shape index (κ1) is 16.1. The lowest BCUT2D eigenvalue weighted by molar-refractivity contribution is -0.174. The Hall–Kier alpha value is -0.410. The molecule has 0 radical (unpaired) electrons. The molecule has 0 spiro atoms. The van der Waals surface area contributed by atoms with Crippen LogP contribution in [0.2, 0.25) is 0 Å². The van der Waals surface area contributed by atoms with Gasteiger partial charge in [0.2, 0.25) is 0 Å². The van der Waals surface area contributed by atoms with Crippen molar-refractivity contribution in [1.29, 1.82) is 0 Å². The Kier molecular flexibility index (Phi) is 3.70. The maximum Gasteiger partial charge on any atom is 0.137 e. The number of methoxy groups -OCH3 is 1. The standard InChI is InChI=1S/C20H32O3/c1-19-8-4-5-14(19)13-7-6-12-9-15(21)17(23-3)11-20(12,2)18(13)16(22)10-19/h12-15,17-18,21H,4-11H2,1-3H3/t12-,13-,14?,15-,17-,18+,19-,20-/m0/s1. The highest BCUT2D eigenvalue weighted by molar-refractivity contribution is 5.84. The van der Waals surface area contributed by atoms with Crippen LogP contribution in [0.1, 0.15) is 65.2 Å². The second-order valence-corrected chi connectivity index (χ2v) is 9.50. The van der Waals surface area contributed by atoms with Gasteiger partial charge in [0.15, 0.2) is 0 Å². The van der Waals surface area contributed by atoms with Gasteiger partial charge in [0.05, 0.1) is 12.2 Å². The van der Waals surface area contributed by atoms with Crippen LogP contribution in [0, 0.1) is 34.5 Å². The number of ether oxygens (including phenoxy) is 1. The third kappa shape index (κ3) is 2.18. The molecule has 0 aliphatic heterocycles. The van der Waals surface area contributed by atoms with E-state index in [2.05, 4.69) is 13.8 Å². The predicted molar refractivity (Wildman–Crippen MR) is 88.9 cm³/mol. The lowest BCUT2D eigenvalue weighted by atomic mass is 9.44. The summed E-state index contributed by atoms with van der Waals surface area (Å²) in [6.07, 6.45) is 8.25.